The van der Waals surface area contributed by atoms with Crippen molar-refractivity contribution in [3.8, 4) is 0 Å². The molecule has 0 heterocycles. The number of amides is 1. The van der Waals surface area contributed by atoms with Gasteiger partial charge >= 0.3 is 12.4 Å². The van der Waals surface area contributed by atoms with Crippen LogP contribution in [-0.4, -0.2) is 5.91 Å². The first-order valence-corrected chi connectivity index (χ1v) is 11.1. The monoisotopic (exact) mass is 493 g/mol. The smallest absolute Gasteiger partial charge is 0.342 e. The van der Waals surface area contributed by atoms with Crippen LogP contribution in [0.4, 0.5) is 26.3 Å². The third kappa shape index (κ3) is 5.69. The lowest BCUT2D eigenvalue weighted by atomic mass is 9.70. The van der Waals surface area contributed by atoms with Crippen LogP contribution in [-0.2, 0) is 22.7 Å². The molecule has 8 heteroatoms. The molecule has 3 aromatic rings. The van der Waals surface area contributed by atoms with Crippen molar-refractivity contribution in [1.82, 2.24) is 5.32 Å². The SMILES string of the molecule is CCCC(=O)NC(c1cccc(C(F)(F)F)c1)(c1cccc(C(F)(F)F)c1)C(C)c1ccccc1. The predicted molar refractivity (Wildman–Crippen MR) is 122 cm³/mol. The number of hydrogen-bond donors (Lipinski definition) is 1. The van der Waals surface area contributed by atoms with Crippen LogP contribution in [0, 0.1) is 0 Å². The standard InChI is InChI=1S/C27H25F6NO/c1-3-9-24(35)34-25(18(2)19-10-5-4-6-11-19,20-12-7-14-22(16-20)26(28,29)30)21-13-8-15-23(17-21)27(31,32)33/h4-8,10-18H,3,9H2,1-2H3,(H,34,35). The summed E-state index contributed by atoms with van der Waals surface area (Å²) in [7, 11) is 0. The topological polar surface area (TPSA) is 29.1 Å². The van der Waals surface area contributed by atoms with Gasteiger partial charge in [-0.15, -0.1) is 0 Å². The van der Waals surface area contributed by atoms with Crippen molar-refractivity contribution in [2.75, 3.05) is 0 Å². The molecule has 0 aromatic heterocycles. The molecule has 1 atom stereocenters. The van der Waals surface area contributed by atoms with Gasteiger partial charge < -0.3 is 5.32 Å². The highest BCUT2D eigenvalue weighted by Crippen LogP contribution is 2.45. The van der Waals surface area contributed by atoms with Gasteiger partial charge in [-0.3, -0.25) is 4.79 Å². The first kappa shape index (κ1) is 26.3. The Labute approximate surface area is 200 Å². The molecule has 1 N–H and O–H groups in total. The van der Waals surface area contributed by atoms with E-state index in [0.717, 1.165) is 24.3 Å². The Kier molecular flexibility index (Phi) is 7.62. The fourth-order valence-corrected chi connectivity index (χ4v) is 4.30. The summed E-state index contributed by atoms with van der Waals surface area (Å²) in [6.45, 7) is 3.44. The number of halogens is 6. The van der Waals surface area contributed by atoms with E-state index in [9.17, 15) is 31.1 Å². The zero-order valence-corrected chi connectivity index (χ0v) is 19.2. The van der Waals surface area contributed by atoms with Crippen molar-refractivity contribution >= 4 is 5.91 Å². The quantitative estimate of drug-likeness (QED) is 0.336. The number of carbonyl (C=O) groups excluding carboxylic acids is 1. The highest BCUT2D eigenvalue weighted by molar-refractivity contribution is 5.78. The Morgan fingerprint density at radius 1 is 0.743 bits per heavy atom. The van der Waals surface area contributed by atoms with E-state index in [-0.39, 0.29) is 17.5 Å². The second-order valence-electron chi connectivity index (χ2n) is 8.40. The van der Waals surface area contributed by atoms with Gasteiger partial charge in [0, 0.05) is 12.3 Å². The number of benzene rings is 3. The average molecular weight is 493 g/mol. The molecule has 0 bridgehead atoms. The minimum absolute atomic E-state index is 0.0347. The molecular weight excluding hydrogens is 468 g/mol. The van der Waals surface area contributed by atoms with E-state index >= 15 is 0 Å². The number of alkyl halides is 6. The van der Waals surface area contributed by atoms with E-state index in [0.29, 0.717) is 12.0 Å². The van der Waals surface area contributed by atoms with Gasteiger partial charge in [0.15, 0.2) is 0 Å². The molecule has 2 nitrogen and oxygen atoms in total. The van der Waals surface area contributed by atoms with Crippen LogP contribution >= 0.6 is 0 Å². The molecule has 0 aliphatic carbocycles. The van der Waals surface area contributed by atoms with Gasteiger partial charge in [0.05, 0.1) is 16.7 Å². The fourth-order valence-electron chi connectivity index (χ4n) is 4.30. The molecule has 0 saturated carbocycles. The summed E-state index contributed by atoms with van der Waals surface area (Å²) < 4.78 is 81.9. The lowest BCUT2D eigenvalue weighted by Crippen LogP contribution is -2.50. The van der Waals surface area contributed by atoms with Gasteiger partial charge in [-0.05, 0) is 47.4 Å². The second-order valence-corrected chi connectivity index (χ2v) is 8.40. The number of hydrogen-bond acceptors (Lipinski definition) is 1. The molecule has 1 unspecified atom stereocenters. The molecule has 0 radical (unpaired) electrons. The van der Waals surface area contributed by atoms with Crippen LogP contribution in [0.3, 0.4) is 0 Å². The van der Waals surface area contributed by atoms with E-state index in [1.54, 1.807) is 44.2 Å². The summed E-state index contributed by atoms with van der Waals surface area (Å²) in [5.74, 6) is -1.21. The van der Waals surface area contributed by atoms with E-state index in [1.807, 2.05) is 0 Å². The molecule has 3 aromatic carbocycles. The highest BCUT2D eigenvalue weighted by Gasteiger charge is 2.44. The summed E-state index contributed by atoms with van der Waals surface area (Å²) in [5, 5.41) is 2.85. The average Bonchev–Trinajstić information content (AvgIpc) is 2.82. The molecule has 35 heavy (non-hydrogen) atoms. The van der Waals surface area contributed by atoms with Gasteiger partial charge in [-0.2, -0.15) is 26.3 Å². The van der Waals surface area contributed by atoms with Crippen molar-refractivity contribution in [3.05, 3.63) is 107 Å². The lowest BCUT2D eigenvalue weighted by Gasteiger charge is -2.42. The Morgan fingerprint density at radius 3 is 1.63 bits per heavy atom. The Bertz CT molecular complexity index is 1100. The Hall–Kier alpha value is -3.29. The maximum absolute atomic E-state index is 13.7. The fraction of sp³-hybridized carbons (Fsp3) is 0.296. The molecule has 0 aliphatic heterocycles. The third-order valence-corrected chi connectivity index (χ3v) is 6.05. The molecule has 0 aliphatic rings. The summed E-state index contributed by atoms with van der Waals surface area (Å²) >= 11 is 0. The Balaban J connectivity index is 2.39. The first-order chi connectivity index (χ1) is 16.4. The van der Waals surface area contributed by atoms with Crippen molar-refractivity contribution < 1.29 is 31.1 Å². The maximum atomic E-state index is 13.7. The lowest BCUT2D eigenvalue weighted by molar-refractivity contribution is -0.138. The zero-order chi connectivity index (χ0) is 25.9. The molecule has 0 spiro atoms. The molecule has 0 fully saturated rings. The summed E-state index contributed by atoms with van der Waals surface area (Å²) in [4.78, 5) is 12.9. The second kappa shape index (κ2) is 10.1. The van der Waals surface area contributed by atoms with E-state index in [2.05, 4.69) is 5.32 Å². The van der Waals surface area contributed by atoms with Gasteiger partial charge in [0.2, 0.25) is 5.91 Å². The largest absolute Gasteiger partial charge is 0.416 e. The summed E-state index contributed by atoms with van der Waals surface area (Å²) in [6, 6.07) is 17.4. The van der Waals surface area contributed by atoms with Crippen LogP contribution in [0.5, 0.6) is 0 Å². The van der Waals surface area contributed by atoms with Crippen LogP contribution < -0.4 is 5.32 Å². The minimum Gasteiger partial charge on any atom is -0.342 e. The first-order valence-electron chi connectivity index (χ1n) is 11.1. The molecular formula is C27H25F6NO. The van der Waals surface area contributed by atoms with Gasteiger partial charge in [0.1, 0.15) is 0 Å². The van der Waals surface area contributed by atoms with Gasteiger partial charge in [0.25, 0.3) is 0 Å². The van der Waals surface area contributed by atoms with E-state index in [1.165, 1.54) is 24.3 Å². The van der Waals surface area contributed by atoms with Crippen molar-refractivity contribution in [3.63, 3.8) is 0 Å². The van der Waals surface area contributed by atoms with E-state index < -0.39 is 40.8 Å². The normalized spacial score (nSPS) is 13.4. The van der Waals surface area contributed by atoms with E-state index in [4.69, 9.17) is 0 Å². The van der Waals surface area contributed by atoms with Crippen LogP contribution in [0.1, 0.15) is 60.4 Å². The van der Waals surface area contributed by atoms with Crippen LogP contribution in [0.15, 0.2) is 78.9 Å². The molecule has 186 valence electrons. The van der Waals surface area contributed by atoms with Gasteiger partial charge in [-0.1, -0.05) is 68.4 Å². The van der Waals surface area contributed by atoms with Crippen LogP contribution in [0.2, 0.25) is 0 Å². The number of nitrogens with one attached hydrogen (secondary N) is 1. The van der Waals surface area contributed by atoms with Crippen molar-refractivity contribution in [2.24, 2.45) is 0 Å². The van der Waals surface area contributed by atoms with Gasteiger partial charge in [-0.25, -0.2) is 0 Å². The summed E-state index contributed by atoms with van der Waals surface area (Å²) in [5.41, 5.74) is -2.93. The summed E-state index contributed by atoms with van der Waals surface area (Å²) in [6.07, 6.45) is -8.86. The highest BCUT2D eigenvalue weighted by atomic mass is 19.4. The number of rotatable bonds is 7. The predicted octanol–water partition coefficient (Wildman–Crippen LogP) is 7.69. The minimum atomic E-state index is -4.68. The molecule has 0 saturated heterocycles. The zero-order valence-electron chi connectivity index (χ0n) is 19.2. The van der Waals surface area contributed by atoms with Crippen LogP contribution in [0.25, 0.3) is 0 Å². The maximum Gasteiger partial charge on any atom is 0.416 e. The molecule has 3 rings (SSSR count). The van der Waals surface area contributed by atoms with Crippen molar-refractivity contribution in [2.45, 2.75) is 50.5 Å². The third-order valence-electron chi connectivity index (χ3n) is 6.05. The Morgan fingerprint density at radius 2 is 1.20 bits per heavy atom. The molecule has 1 amide bonds. The number of carbonyl (C=O) groups is 1. The van der Waals surface area contributed by atoms with Crippen molar-refractivity contribution in [1.29, 1.82) is 0 Å².